The summed E-state index contributed by atoms with van der Waals surface area (Å²) in [6, 6.07) is 13.4. The summed E-state index contributed by atoms with van der Waals surface area (Å²) in [5.41, 5.74) is 3.94. The van der Waals surface area contributed by atoms with Gasteiger partial charge in [-0.2, -0.15) is 0 Å². The number of rotatable bonds is 4. The van der Waals surface area contributed by atoms with E-state index in [0.29, 0.717) is 34.8 Å². The molecule has 0 aliphatic heterocycles. The predicted molar refractivity (Wildman–Crippen MR) is 122 cm³/mol. The van der Waals surface area contributed by atoms with Crippen LogP contribution < -0.4 is 4.74 Å². The summed E-state index contributed by atoms with van der Waals surface area (Å²) < 4.78 is 6.04. The number of nitrogens with zero attached hydrogens (tertiary/aromatic N) is 2. The summed E-state index contributed by atoms with van der Waals surface area (Å²) in [5.74, 6) is 2.24. The number of hydrogen-bond acceptors (Lipinski definition) is 5. The summed E-state index contributed by atoms with van der Waals surface area (Å²) in [4.78, 5) is 22.5. The highest BCUT2D eigenvalue weighted by molar-refractivity contribution is 6.25. The van der Waals surface area contributed by atoms with E-state index in [4.69, 9.17) is 4.74 Å². The molecule has 162 valence electrons. The number of allylic oxidation sites excluding steroid dienone is 2. The van der Waals surface area contributed by atoms with Crippen LogP contribution in [0, 0.1) is 23.7 Å². The zero-order chi connectivity index (χ0) is 21.8. The Labute approximate surface area is 187 Å². The molecule has 3 fully saturated rings. The molecule has 2 bridgehead atoms. The lowest BCUT2D eigenvalue weighted by Gasteiger charge is -2.44. The van der Waals surface area contributed by atoms with Crippen LogP contribution in [0.5, 0.6) is 11.6 Å². The normalized spacial score (nSPS) is 26.6. The molecule has 2 aromatic carbocycles. The zero-order valence-corrected chi connectivity index (χ0v) is 18.1. The van der Waals surface area contributed by atoms with Gasteiger partial charge in [-0.15, -0.1) is 0 Å². The molecule has 4 aliphatic rings. The number of hydrogen-bond donors (Lipinski definition) is 1. The monoisotopic (exact) mass is 426 g/mol. The number of ether oxygens (including phenoxy) is 1. The number of fused-ring (bicyclic) bond motifs is 3. The summed E-state index contributed by atoms with van der Waals surface area (Å²) >= 11 is 0. The Morgan fingerprint density at radius 2 is 1.72 bits per heavy atom. The van der Waals surface area contributed by atoms with Gasteiger partial charge < -0.3 is 9.84 Å². The predicted octanol–water partition coefficient (Wildman–Crippen LogP) is 5.89. The van der Waals surface area contributed by atoms with Gasteiger partial charge in [0.2, 0.25) is 5.88 Å². The molecule has 3 aromatic rings. The molecule has 4 aliphatic carbocycles. The van der Waals surface area contributed by atoms with Crippen LogP contribution >= 0.6 is 0 Å². The van der Waals surface area contributed by atoms with Crippen molar-refractivity contribution >= 4 is 22.4 Å². The highest BCUT2D eigenvalue weighted by Gasteiger charge is 2.54. The minimum atomic E-state index is -0.0434. The van der Waals surface area contributed by atoms with Gasteiger partial charge in [-0.1, -0.05) is 25.1 Å². The molecule has 0 amide bonds. The van der Waals surface area contributed by atoms with Gasteiger partial charge in [0.15, 0.2) is 5.78 Å². The Morgan fingerprint density at radius 1 is 1.00 bits per heavy atom. The van der Waals surface area contributed by atoms with Crippen LogP contribution in [0.1, 0.15) is 43.7 Å². The standard InChI is InChI=1S/C27H26N2O3/c1-2-15-11-12-18(32-22-14-28-20-5-3-4-6-21(20)29-22)13-19(15)25-26(30)23-16-7-8-17(10-9-16)24(23)27(25)31/h3-6,11-14,16-17,23-24,30H,2,7-10H2,1H3/t16-,17+,23?,24?. The SMILES string of the molecule is CCc1ccc(Oc2cnc3ccccc3n2)cc1C1=C(O)C2C(C1=O)[C@H]1CC[C@@H]2CC1. The van der Waals surface area contributed by atoms with E-state index in [1.165, 1.54) is 0 Å². The van der Waals surface area contributed by atoms with Gasteiger partial charge in [0.05, 0.1) is 22.8 Å². The van der Waals surface area contributed by atoms with E-state index in [1.807, 2.05) is 42.5 Å². The Bertz CT molecular complexity index is 1260. The van der Waals surface area contributed by atoms with Crippen LogP contribution in [0.4, 0.5) is 0 Å². The second kappa shape index (κ2) is 7.44. The van der Waals surface area contributed by atoms with Crippen molar-refractivity contribution in [3.05, 3.63) is 65.5 Å². The van der Waals surface area contributed by atoms with Crippen LogP contribution in [-0.2, 0) is 11.2 Å². The molecule has 2 unspecified atom stereocenters. The second-order valence-electron chi connectivity index (χ2n) is 9.32. The maximum atomic E-state index is 13.5. The van der Waals surface area contributed by atoms with E-state index in [2.05, 4.69) is 16.9 Å². The largest absolute Gasteiger partial charge is 0.511 e. The van der Waals surface area contributed by atoms with Crippen molar-refractivity contribution in [3.63, 3.8) is 0 Å². The van der Waals surface area contributed by atoms with Gasteiger partial charge in [-0.3, -0.25) is 4.79 Å². The molecule has 0 saturated heterocycles. The summed E-state index contributed by atoms with van der Waals surface area (Å²) in [6.45, 7) is 2.07. The molecule has 1 N–H and O–H groups in total. The summed E-state index contributed by atoms with van der Waals surface area (Å²) in [7, 11) is 0. The summed E-state index contributed by atoms with van der Waals surface area (Å²) in [6.07, 6.45) is 6.87. The molecule has 0 radical (unpaired) electrons. The van der Waals surface area contributed by atoms with Crippen molar-refractivity contribution in [1.82, 2.24) is 9.97 Å². The van der Waals surface area contributed by atoms with Gasteiger partial charge >= 0.3 is 0 Å². The van der Waals surface area contributed by atoms with E-state index in [0.717, 1.165) is 54.3 Å². The first-order valence-electron chi connectivity index (χ1n) is 11.6. The highest BCUT2D eigenvalue weighted by atomic mass is 16.5. The van der Waals surface area contributed by atoms with E-state index >= 15 is 0 Å². The van der Waals surface area contributed by atoms with Gasteiger partial charge in [0.1, 0.15) is 11.5 Å². The van der Waals surface area contributed by atoms with E-state index in [1.54, 1.807) is 6.20 Å². The fourth-order valence-electron chi connectivity index (χ4n) is 6.22. The number of aromatic nitrogens is 2. The van der Waals surface area contributed by atoms with Crippen LogP contribution in [0.2, 0.25) is 0 Å². The van der Waals surface area contributed by atoms with Crippen molar-refractivity contribution < 1.29 is 14.6 Å². The van der Waals surface area contributed by atoms with Crippen molar-refractivity contribution in [2.75, 3.05) is 0 Å². The fourth-order valence-corrected chi connectivity index (χ4v) is 6.22. The average molecular weight is 427 g/mol. The number of aliphatic hydroxyl groups excluding tert-OH is 1. The Hall–Kier alpha value is -3.21. The van der Waals surface area contributed by atoms with Crippen molar-refractivity contribution in [1.29, 1.82) is 0 Å². The van der Waals surface area contributed by atoms with Crippen LogP contribution in [0.15, 0.2) is 54.4 Å². The Kier molecular flexibility index (Phi) is 4.53. The third kappa shape index (κ3) is 2.94. The molecule has 7 rings (SSSR count). The minimum Gasteiger partial charge on any atom is -0.511 e. The zero-order valence-electron chi connectivity index (χ0n) is 18.1. The molecular weight excluding hydrogens is 400 g/mol. The molecular formula is C27H26N2O3. The molecule has 3 saturated carbocycles. The number of Topliss-reactive ketones (excluding diaryl/α,β-unsaturated/α-hetero) is 1. The van der Waals surface area contributed by atoms with Crippen LogP contribution in [-0.4, -0.2) is 20.9 Å². The lowest BCUT2D eigenvalue weighted by atomic mass is 9.59. The van der Waals surface area contributed by atoms with Crippen LogP contribution in [0.25, 0.3) is 16.6 Å². The Morgan fingerprint density at radius 3 is 2.44 bits per heavy atom. The number of ketones is 1. The minimum absolute atomic E-state index is 0.00522. The third-order valence-electron chi connectivity index (χ3n) is 7.72. The molecule has 32 heavy (non-hydrogen) atoms. The van der Waals surface area contributed by atoms with E-state index in [-0.39, 0.29) is 17.6 Å². The number of carbonyl (C=O) groups is 1. The fraction of sp³-hybridized carbons (Fsp3) is 0.370. The average Bonchev–Trinajstić information content (AvgIpc) is 3.12. The van der Waals surface area contributed by atoms with Crippen LogP contribution in [0.3, 0.4) is 0 Å². The topological polar surface area (TPSA) is 72.3 Å². The number of para-hydroxylation sites is 2. The van der Waals surface area contributed by atoms with Gasteiger partial charge in [-0.05, 0) is 79.3 Å². The number of carbonyl (C=O) groups excluding carboxylic acids is 1. The van der Waals surface area contributed by atoms with Gasteiger partial charge in [0.25, 0.3) is 0 Å². The quantitative estimate of drug-likeness (QED) is 0.563. The molecule has 1 aromatic heterocycles. The van der Waals surface area contributed by atoms with Crippen molar-refractivity contribution in [2.24, 2.45) is 23.7 Å². The first-order valence-corrected chi connectivity index (χ1v) is 11.6. The molecule has 5 heteroatoms. The number of aliphatic hydroxyl groups is 1. The van der Waals surface area contributed by atoms with Crippen molar-refractivity contribution in [2.45, 2.75) is 39.0 Å². The molecule has 0 spiro atoms. The second-order valence-corrected chi connectivity index (χ2v) is 9.32. The Balaban J connectivity index is 1.39. The third-order valence-corrected chi connectivity index (χ3v) is 7.72. The van der Waals surface area contributed by atoms with E-state index in [9.17, 15) is 9.90 Å². The molecule has 5 nitrogen and oxygen atoms in total. The van der Waals surface area contributed by atoms with Gasteiger partial charge in [0, 0.05) is 11.8 Å². The van der Waals surface area contributed by atoms with E-state index < -0.39 is 0 Å². The maximum Gasteiger partial charge on any atom is 0.238 e. The lowest BCUT2D eigenvalue weighted by molar-refractivity contribution is -0.123. The number of aryl methyl sites for hydroxylation is 1. The number of benzene rings is 2. The first kappa shape index (κ1) is 19.5. The van der Waals surface area contributed by atoms with Gasteiger partial charge in [-0.25, -0.2) is 9.97 Å². The lowest BCUT2D eigenvalue weighted by Crippen LogP contribution is -2.41. The maximum absolute atomic E-state index is 13.5. The first-order chi connectivity index (χ1) is 15.6. The molecule has 2 atom stereocenters. The highest BCUT2D eigenvalue weighted by Crippen LogP contribution is 2.57. The summed E-state index contributed by atoms with van der Waals surface area (Å²) in [5, 5.41) is 11.2. The molecule has 1 heterocycles. The van der Waals surface area contributed by atoms with Crippen molar-refractivity contribution in [3.8, 4) is 11.6 Å². The smallest absolute Gasteiger partial charge is 0.238 e.